The molecule has 1 aromatic heterocycles. The first kappa shape index (κ1) is 19.4. The number of aryl methyl sites for hydroxylation is 1. The zero-order valence-corrected chi connectivity index (χ0v) is 16.8. The van der Waals surface area contributed by atoms with E-state index in [0.29, 0.717) is 19.5 Å². The number of hydrogen-bond donors (Lipinski definition) is 0. The molecule has 0 radical (unpaired) electrons. The first-order valence-corrected chi connectivity index (χ1v) is 9.80. The summed E-state index contributed by atoms with van der Waals surface area (Å²) in [4.78, 5) is 27.2. The lowest BCUT2D eigenvalue weighted by molar-refractivity contribution is -0.133. The van der Waals surface area contributed by atoms with Gasteiger partial charge in [0.15, 0.2) is 0 Å². The van der Waals surface area contributed by atoms with Crippen molar-refractivity contribution in [1.82, 2.24) is 19.2 Å². The highest BCUT2D eigenvalue weighted by Crippen LogP contribution is 2.30. The molecule has 6 heteroatoms. The maximum Gasteiger partial charge on any atom is 0.345 e. The minimum atomic E-state index is -0.207. The molecule has 3 rings (SSSR count). The van der Waals surface area contributed by atoms with E-state index in [4.69, 9.17) is 0 Å². The van der Waals surface area contributed by atoms with Crippen molar-refractivity contribution in [1.29, 1.82) is 0 Å². The highest BCUT2D eigenvalue weighted by molar-refractivity contribution is 5.78. The average Bonchev–Trinajstić information content (AvgIpc) is 2.96. The lowest BCUT2D eigenvalue weighted by atomic mass is 9.81. The molecule has 1 atom stereocenters. The van der Waals surface area contributed by atoms with Gasteiger partial charge in [-0.1, -0.05) is 44.2 Å². The number of piperidine rings is 1. The molecule has 0 N–H and O–H groups in total. The van der Waals surface area contributed by atoms with Gasteiger partial charge in [0.1, 0.15) is 5.82 Å². The Hall–Kier alpha value is -2.37. The first-order valence-electron chi connectivity index (χ1n) is 9.80. The van der Waals surface area contributed by atoms with Gasteiger partial charge in [-0.15, -0.1) is 0 Å². The van der Waals surface area contributed by atoms with Crippen LogP contribution in [0.5, 0.6) is 0 Å². The smallest absolute Gasteiger partial charge is 0.342 e. The Morgan fingerprint density at radius 1 is 1.26 bits per heavy atom. The molecule has 0 saturated carbocycles. The average molecular weight is 370 g/mol. The predicted molar refractivity (Wildman–Crippen MR) is 106 cm³/mol. The summed E-state index contributed by atoms with van der Waals surface area (Å²) < 4.78 is 3.13. The SMILES string of the molecule is CCn1c([C@H]2CCCN(C(=O)CC(C)(C)c3ccccc3)C2)nn(C)c1=O. The minimum absolute atomic E-state index is 0.0823. The summed E-state index contributed by atoms with van der Waals surface area (Å²) in [6, 6.07) is 10.2. The molecular formula is C21H30N4O2. The van der Waals surface area contributed by atoms with Gasteiger partial charge in [0.25, 0.3) is 0 Å². The molecule has 1 aliphatic rings. The van der Waals surface area contributed by atoms with Crippen molar-refractivity contribution in [2.24, 2.45) is 7.05 Å². The van der Waals surface area contributed by atoms with Crippen LogP contribution in [0.1, 0.15) is 57.3 Å². The fourth-order valence-corrected chi connectivity index (χ4v) is 4.02. The maximum absolute atomic E-state index is 13.0. The van der Waals surface area contributed by atoms with E-state index in [9.17, 15) is 9.59 Å². The van der Waals surface area contributed by atoms with Gasteiger partial charge in [-0.25, -0.2) is 9.48 Å². The third kappa shape index (κ3) is 3.99. The molecule has 6 nitrogen and oxygen atoms in total. The third-order valence-corrected chi connectivity index (χ3v) is 5.64. The van der Waals surface area contributed by atoms with Gasteiger partial charge >= 0.3 is 5.69 Å². The van der Waals surface area contributed by atoms with Crippen molar-refractivity contribution in [2.75, 3.05) is 13.1 Å². The van der Waals surface area contributed by atoms with Crippen LogP contribution in [0.4, 0.5) is 0 Å². The Morgan fingerprint density at radius 2 is 1.96 bits per heavy atom. The second kappa shape index (κ2) is 7.71. The van der Waals surface area contributed by atoms with Gasteiger partial charge < -0.3 is 4.90 Å². The molecule has 1 fully saturated rings. The Morgan fingerprint density at radius 3 is 2.63 bits per heavy atom. The molecule has 0 unspecified atom stereocenters. The lowest BCUT2D eigenvalue weighted by Gasteiger charge is -2.35. The number of carbonyl (C=O) groups is 1. The van der Waals surface area contributed by atoms with E-state index in [1.807, 2.05) is 30.0 Å². The van der Waals surface area contributed by atoms with Gasteiger partial charge in [-0.3, -0.25) is 9.36 Å². The molecule has 27 heavy (non-hydrogen) atoms. The number of rotatable bonds is 5. The second-order valence-electron chi connectivity index (χ2n) is 8.11. The van der Waals surface area contributed by atoms with E-state index in [-0.39, 0.29) is 22.9 Å². The van der Waals surface area contributed by atoms with E-state index in [1.54, 1.807) is 11.6 Å². The van der Waals surface area contributed by atoms with Crippen LogP contribution < -0.4 is 5.69 Å². The molecule has 2 heterocycles. The van der Waals surface area contributed by atoms with Crippen LogP contribution in [0.3, 0.4) is 0 Å². The molecule has 1 amide bonds. The van der Waals surface area contributed by atoms with Gasteiger partial charge in [0, 0.05) is 39.0 Å². The molecule has 1 saturated heterocycles. The number of amides is 1. The lowest BCUT2D eigenvalue weighted by Crippen LogP contribution is -2.42. The minimum Gasteiger partial charge on any atom is -0.342 e. The molecule has 1 aromatic carbocycles. The van der Waals surface area contributed by atoms with Crippen LogP contribution in [0.15, 0.2) is 35.1 Å². The molecule has 0 bridgehead atoms. The van der Waals surface area contributed by atoms with Gasteiger partial charge in [-0.05, 0) is 30.7 Å². The Bertz CT molecular complexity index is 851. The number of aromatic nitrogens is 3. The largest absolute Gasteiger partial charge is 0.345 e. The van der Waals surface area contributed by atoms with Crippen molar-refractivity contribution in [3.05, 3.63) is 52.2 Å². The van der Waals surface area contributed by atoms with E-state index in [2.05, 4.69) is 31.1 Å². The van der Waals surface area contributed by atoms with E-state index >= 15 is 0 Å². The third-order valence-electron chi connectivity index (χ3n) is 5.64. The number of hydrogen-bond acceptors (Lipinski definition) is 3. The van der Waals surface area contributed by atoms with E-state index < -0.39 is 0 Å². The predicted octanol–water partition coefficient (Wildman–Crippen LogP) is 2.68. The molecule has 0 spiro atoms. The van der Waals surface area contributed by atoms with Gasteiger partial charge in [0.2, 0.25) is 5.91 Å². The monoisotopic (exact) mass is 370 g/mol. The highest BCUT2D eigenvalue weighted by Gasteiger charge is 2.32. The maximum atomic E-state index is 13.0. The second-order valence-corrected chi connectivity index (χ2v) is 8.11. The quantitative estimate of drug-likeness (QED) is 0.813. The summed E-state index contributed by atoms with van der Waals surface area (Å²) in [7, 11) is 1.69. The van der Waals surface area contributed by atoms with Crippen LogP contribution in [0, 0.1) is 0 Å². The summed E-state index contributed by atoms with van der Waals surface area (Å²) in [6.45, 7) is 8.22. The van der Waals surface area contributed by atoms with Gasteiger partial charge in [-0.2, -0.15) is 5.10 Å². The standard InChI is InChI=1S/C21H30N4O2/c1-5-25-19(22-23(4)20(25)27)16-10-9-13-24(15-16)18(26)14-21(2,3)17-11-7-6-8-12-17/h6-8,11-12,16H,5,9-10,13-15H2,1-4H3/t16-/m0/s1. The van der Waals surface area contributed by atoms with Crippen molar-refractivity contribution in [3.63, 3.8) is 0 Å². The van der Waals surface area contributed by atoms with Crippen LogP contribution in [0.2, 0.25) is 0 Å². The highest BCUT2D eigenvalue weighted by atomic mass is 16.2. The van der Waals surface area contributed by atoms with Crippen molar-refractivity contribution in [2.45, 2.75) is 57.9 Å². The fourth-order valence-electron chi connectivity index (χ4n) is 4.02. The fraction of sp³-hybridized carbons (Fsp3) is 0.571. The van der Waals surface area contributed by atoms with Crippen LogP contribution >= 0.6 is 0 Å². The topological polar surface area (TPSA) is 60.1 Å². The summed E-state index contributed by atoms with van der Waals surface area (Å²) in [5, 5.41) is 4.45. The molecule has 2 aromatic rings. The van der Waals surface area contributed by atoms with Crippen LogP contribution in [0.25, 0.3) is 0 Å². The van der Waals surface area contributed by atoms with Crippen LogP contribution in [-0.4, -0.2) is 38.2 Å². The Labute approximate surface area is 160 Å². The summed E-state index contributed by atoms with van der Waals surface area (Å²) in [5.74, 6) is 1.11. The van der Waals surface area contributed by atoms with Crippen LogP contribution in [-0.2, 0) is 23.8 Å². The van der Waals surface area contributed by atoms with E-state index in [0.717, 1.165) is 25.2 Å². The zero-order valence-electron chi connectivity index (χ0n) is 16.8. The van der Waals surface area contributed by atoms with Gasteiger partial charge in [0.05, 0.1) is 0 Å². The molecule has 1 aliphatic heterocycles. The summed E-state index contributed by atoms with van der Waals surface area (Å²) in [6.07, 6.45) is 2.38. The number of nitrogens with zero attached hydrogens (tertiary/aromatic N) is 4. The van der Waals surface area contributed by atoms with Crippen molar-refractivity contribution < 1.29 is 4.79 Å². The Balaban J connectivity index is 1.74. The molecular weight excluding hydrogens is 340 g/mol. The van der Waals surface area contributed by atoms with E-state index in [1.165, 1.54) is 10.2 Å². The molecule has 146 valence electrons. The first-order chi connectivity index (χ1) is 12.8. The normalized spacial score (nSPS) is 17.9. The number of benzene rings is 1. The number of likely N-dealkylation sites (tertiary alicyclic amines) is 1. The van der Waals surface area contributed by atoms with Crippen molar-refractivity contribution in [3.8, 4) is 0 Å². The Kier molecular flexibility index (Phi) is 5.53. The number of carbonyl (C=O) groups excluding carboxylic acids is 1. The summed E-state index contributed by atoms with van der Waals surface area (Å²) in [5.41, 5.74) is 0.888. The zero-order chi connectivity index (χ0) is 19.6. The summed E-state index contributed by atoms with van der Waals surface area (Å²) >= 11 is 0. The van der Waals surface area contributed by atoms with Crippen molar-refractivity contribution >= 4 is 5.91 Å². The molecule has 0 aliphatic carbocycles.